The molecule has 0 radical (unpaired) electrons. The first-order valence-corrected chi connectivity index (χ1v) is 15.1. The van der Waals surface area contributed by atoms with E-state index in [2.05, 4.69) is 125 Å². The molecule has 2 nitrogen and oxygen atoms in total. The number of para-hydroxylation sites is 1. The molecule has 0 N–H and O–H groups in total. The predicted octanol–water partition coefficient (Wildman–Crippen LogP) is 10.6. The molecule has 7 rings (SSSR count). The monoisotopic (exact) mass is 532 g/mol. The van der Waals surface area contributed by atoms with Gasteiger partial charge < -0.3 is 0 Å². The Kier molecular flexibility index (Phi) is 6.23. The highest BCUT2D eigenvalue weighted by Gasteiger charge is 2.42. The van der Waals surface area contributed by atoms with Gasteiger partial charge in [0.1, 0.15) is 0 Å². The lowest BCUT2D eigenvalue weighted by Crippen LogP contribution is -2.25. The molecule has 2 heteroatoms. The molecular weight excluding hydrogens is 496 g/mol. The van der Waals surface area contributed by atoms with Crippen LogP contribution < -0.4 is 0 Å². The Morgan fingerprint density at radius 1 is 0.610 bits per heavy atom. The molecule has 1 aliphatic rings. The zero-order valence-electron chi connectivity index (χ0n) is 24.5. The maximum absolute atomic E-state index is 5.32. The summed E-state index contributed by atoms with van der Waals surface area (Å²) in [6.45, 7) is 9.01. The van der Waals surface area contributed by atoms with Crippen LogP contribution in [0.1, 0.15) is 61.8 Å². The van der Waals surface area contributed by atoms with Gasteiger partial charge in [-0.15, -0.1) is 0 Å². The van der Waals surface area contributed by atoms with E-state index in [0.29, 0.717) is 0 Å². The summed E-state index contributed by atoms with van der Waals surface area (Å²) in [6.07, 6.45) is 4.54. The molecule has 6 aromatic rings. The van der Waals surface area contributed by atoms with Crippen molar-refractivity contribution in [2.24, 2.45) is 0 Å². The number of benzene rings is 5. The Bertz CT molecular complexity index is 1920. The van der Waals surface area contributed by atoms with E-state index >= 15 is 0 Å². The van der Waals surface area contributed by atoms with Crippen LogP contribution in [-0.2, 0) is 5.41 Å². The zero-order valence-corrected chi connectivity index (χ0v) is 24.5. The molecule has 1 heterocycles. The quantitative estimate of drug-likeness (QED) is 0.213. The first kappa shape index (κ1) is 25.7. The van der Waals surface area contributed by atoms with Crippen LogP contribution in [0.5, 0.6) is 0 Å². The van der Waals surface area contributed by atoms with Crippen molar-refractivity contribution in [2.45, 2.75) is 58.8 Å². The van der Waals surface area contributed by atoms with Crippen LogP contribution in [0.15, 0.2) is 97.1 Å². The van der Waals surface area contributed by atoms with E-state index in [1.165, 1.54) is 49.7 Å². The van der Waals surface area contributed by atoms with E-state index in [1.54, 1.807) is 0 Å². The molecule has 0 unspecified atom stereocenters. The SMILES string of the molecule is CCCC1(CCC)c2cc(-c3nc(-c4c(C)cccc4C)c4ccccc4n3)ccc2-c2c1ccc1ccccc21. The molecule has 0 saturated carbocycles. The maximum Gasteiger partial charge on any atom is 0.160 e. The van der Waals surface area contributed by atoms with Gasteiger partial charge in [-0.2, -0.15) is 0 Å². The van der Waals surface area contributed by atoms with E-state index in [4.69, 9.17) is 9.97 Å². The second-order valence-corrected chi connectivity index (χ2v) is 11.7. The Morgan fingerprint density at radius 3 is 2.07 bits per heavy atom. The largest absolute Gasteiger partial charge is 0.228 e. The lowest BCUT2D eigenvalue weighted by atomic mass is 9.71. The number of rotatable bonds is 6. The summed E-state index contributed by atoms with van der Waals surface area (Å²) in [5, 5.41) is 3.76. The van der Waals surface area contributed by atoms with Crippen molar-refractivity contribution in [3.63, 3.8) is 0 Å². The van der Waals surface area contributed by atoms with Crippen molar-refractivity contribution in [3.8, 4) is 33.8 Å². The molecule has 0 aliphatic heterocycles. The van der Waals surface area contributed by atoms with E-state index in [0.717, 1.165) is 53.7 Å². The van der Waals surface area contributed by atoms with Gasteiger partial charge in [-0.05, 0) is 83.0 Å². The molecule has 0 saturated heterocycles. The van der Waals surface area contributed by atoms with Gasteiger partial charge in [0.15, 0.2) is 5.82 Å². The predicted molar refractivity (Wildman–Crippen MR) is 173 cm³/mol. The summed E-state index contributed by atoms with van der Waals surface area (Å²) in [5.41, 5.74) is 12.5. The summed E-state index contributed by atoms with van der Waals surface area (Å²) in [5.74, 6) is 0.798. The summed E-state index contributed by atoms with van der Waals surface area (Å²) in [4.78, 5) is 10.5. The number of aryl methyl sites for hydroxylation is 2. The molecule has 1 aliphatic carbocycles. The van der Waals surface area contributed by atoms with Crippen LogP contribution in [0.2, 0.25) is 0 Å². The van der Waals surface area contributed by atoms with Gasteiger partial charge in [0.05, 0.1) is 11.2 Å². The van der Waals surface area contributed by atoms with Gasteiger partial charge in [-0.25, -0.2) is 9.97 Å². The summed E-state index contributed by atoms with van der Waals surface area (Å²) in [7, 11) is 0. The minimum atomic E-state index is 0.000489. The minimum Gasteiger partial charge on any atom is -0.228 e. The highest BCUT2D eigenvalue weighted by molar-refractivity contribution is 6.03. The van der Waals surface area contributed by atoms with Crippen molar-refractivity contribution in [1.29, 1.82) is 0 Å². The molecular formula is C39H36N2. The first-order valence-electron chi connectivity index (χ1n) is 15.1. The fourth-order valence-electron chi connectivity index (χ4n) is 7.50. The maximum atomic E-state index is 5.32. The Morgan fingerprint density at radius 2 is 1.32 bits per heavy atom. The molecule has 41 heavy (non-hydrogen) atoms. The Labute approximate surface area is 243 Å². The first-order chi connectivity index (χ1) is 20.1. The number of fused-ring (bicyclic) bond motifs is 6. The van der Waals surface area contributed by atoms with Crippen LogP contribution in [0.25, 0.3) is 55.4 Å². The molecule has 202 valence electrons. The second kappa shape index (κ2) is 9.96. The second-order valence-electron chi connectivity index (χ2n) is 11.7. The van der Waals surface area contributed by atoms with Crippen LogP contribution in [0, 0.1) is 13.8 Å². The molecule has 1 aromatic heterocycles. The highest BCUT2D eigenvalue weighted by Crippen LogP contribution is 2.56. The van der Waals surface area contributed by atoms with Crippen LogP contribution >= 0.6 is 0 Å². The topological polar surface area (TPSA) is 25.8 Å². The smallest absolute Gasteiger partial charge is 0.160 e. The third kappa shape index (κ3) is 3.92. The average molecular weight is 533 g/mol. The normalized spacial score (nSPS) is 13.5. The van der Waals surface area contributed by atoms with Gasteiger partial charge in [-0.3, -0.25) is 0 Å². The van der Waals surface area contributed by atoms with Crippen molar-refractivity contribution < 1.29 is 0 Å². The van der Waals surface area contributed by atoms with Gasteiger partial charge in [0.25, 0.3) is 0 Å². The van der Waals surface area contributed by atoms with Crippen molar-refractivity contribution in [1.82, 2.24) is 9.97 Å². The fourth-order valence-corrected chi connectivity index (χ4v) is 7.50. The van der Waals surface area contributed by atoms with E-state index in [-0.39, 0.29) is 5.41 Å². The lowest BCUT2D eigenvalue weighted by Gasteiger charge is -2.32. The average Bonchev–Trinajstić information content (AvgIpc) is 3.26. The van der Waals surface area contributed by atoms with Crippen molar-refractivity contribution in [2.75, 3.05) is 0 Å². The molecule has 0 spiro atoms. The standard InChI is InChI=1S/C39H36N2/c1-5-22-39(23-6-2)32-21-19-27-14-7-8-15-29(27)36(32)30-20-18-28(24-33(30)39)38-40-34-17-10-9-16-31(34)37(41-38)35-25(3)12-11-13-26(35)4/h7-21,24H,5-6,22-23H2,1-4H3. The fraction of sp³-hybridized carbons (Fsp3) is 0.231. The van der Waals surface area contributed by atoms with Gasteiger partial charge in [0.2, 0.25) is 0 Å². The minimum absolute atomic E-state index is 0.000489. The van der Waals surface area contributed by atoms with Gasteiger partial charge >= 0.3 is 0 Å². The van der Waals surface area contributed by atoms with Gasteiger partial charge in [0, 0.05) is 21.9 Å². The molecule has 0 bridgehead atoms. The molecule has 0 amide bonds. The van der Waals surface area contributed by atoms with E-state index in [1.807, 2.05) is 0 Å². The summed E-state index contributed by atoms with van der Waals surface area (Å²) in [6, 6.07) is 35.5. The van der Waals surface area contributed by atoms with Crippen LogP contribution in [0.3, 0.4) is 0 Å². The Balaban J connectivity index is 1.50. The summed E-state index contributed by atoms with van der Waals surface area (Å²) < 4.78 is 0. The van der Waals surface area contributed by atoms with Crippen molar-refractivity contribution >= 4 is 21.7 Å². The van der Waals surface area contributed by atoms with Crippen LogP contribution in [-0.4, -0.2) is 9.97 Å². The third-order valence-corrected chi connectivity index (χ3v) is 9.18. The molecule has 0 fully saturated rings. The Hall–Kier alpha value is -4.30. The van der Waals surface area contributed by atoms with E-state index < -0.39 is 0 Å². The molecule has 0 atom stereocenters. The van der Waals surface area contributed by atoms with Crippen molar-refractivity contribution in [3.05, 3.63) is 119 Å². The highest BCUT2D eigenvalue weighted by atomic mass is 14.9. The van der Waals surface area contributed by atoms with Gasteiger partial charge in [-0.1, -0.05) is 112 Å². The number of hydrogen-bond donors (Lipinski definition) is 0. The number of hydrogen-bond acceptors (Lipinski definition) is 2. The third-order valence-electron chi connectivity index (χ3n) is 9.18. The van der Waals surface area contributed by atoms with Crippen LogP contribution in [0.4, 0.5) is 0 Å². The number of aromatic nitrogens is 2. The zero-order chi connectivity index (χ0) is 28.1. The summed E-state index contributed by atoms with van der Waals surface area (Å²) >= 11 is 0. The molecule has 5 aromatic carbocycles. The lowest BCUT2D eigenvalue weighted by molar-refractivity contribution is 0.436. The van der Waals surface area contributed by atoms with E-state index in [9.17, 15) is 0 Å². The number of nitrogens with zero attached hydrogens (tertiary/aromatic N) is 2.